The molecule has 1 aromatic heterocycles. The zero-order chi connectivity index (χ0) is 25.3. The number of hydrogen-bond acceptors (Lipinski definition) is 5. The van der Waals surface area contributed by atoms with E-state index in [4.69, 9.17) is 4.74 Å². The normalized spacial score (nSPS) is 26.7. The Morgan fingerprint density at radius 3 is 2.46 bits per heavy atom. The van der Waals surface area contributed by atoms with Crippen molar-refractivity contribution in [3.8, 4) is 0 Å². The van der Waals surface area contributed by atoms with Crippen LogP contribution in [0.4, 0.5) is 0 Å². The van der Waals surface area contributed by atoms with Gasteiger partial charge in [-0.05, 0) is 89.2 Å². The molecule has 0 bridgehead atoms. The van der Waals surface area contributed by atoms with Gasteiger partial charge in [0.2, 0.25) is 5.69 Å². The fourth-order valence-electron chi connectivity index (χ4n) is 6.65. The highest BCUT2D eigenvalue weighted by molar-refractivity contribution is 5.89. The number of carbonyl (C=O) groups excluding carboxylic acids is 1. The van der Waals surface area contributed by atoms with E-state index in [-0.39, 0.29) is 23.9 Å². The highest BCUT2D eigenvalue weighted by Gasteiger charge is 2.40. The maximum atomic E-state index is 13.5. The van der Waals surface area contributed by atoms with Gasteiger partial charge in [0.05, 0.1) is 17.6 Å². The number of esters is 1. The average molecular weight is 482 g/mol. The molecule has 2 aliphatic rings. The number of fused-ring (bicyclic) bond motifs is 1. The van der Waals surface area contributed by atoms with Gasteiger partial charge in [0.15, 0.2) is 0 Å². The topological polar surface area (TPSA) is 64.4 Å². The lowest BCUT2D eigenvalue weighted by atomic mass is 9.71. The van der Waals surface area contributed by atoms with Gasteiger partial charge >= 0.3 is 5.97 Å². The SMILES string of the molecule is CCOC(=O)c1nc2ccccc2n([C@@H](C)C[C@@H]2CC[C@H](C)N2[C@H]2CC[C@H](C(C)(C)C)CC2)c1=O. The fourth-order valence-corrected chi connectivity index (χ4v) is 6.65. The minimum absolute atomic E-state index is 0.0488. The van der Waals surface area contributed by atoms with Gasteiger partial charge in [-0.15, -0.1) is 0 Å². The molecule has 1 saturated heterocycles. The van der Waals surface area contributed by atoms with Crippen LogP contribution >= 0.6 is 0 Å². The first-order valence-electron chi connectivity index (χ1n) is 13.6. The number of benzene rings is 1. The summed E-state index contributed by atoms with van der Waals surface area (Å²) in [7, 11) is 0. The van der Waals surface area contributed by atoms with Gasteiger partial charge in [0.25, 0.3) is 5.56 Å². The Hall–Kier alpha value is -2.21. The van der Waals surface area contributed by atoms with Crippen LogP contribution in [0.1, 0.15) is 103 Å². The van der Waals surface area contributed by atoms with Gasteiger partial charge in [-0.25, -0.2) is 9.78 Å². The van der Waals surface area contributed by atoms with Crippen molar-refractivity contribution in [2.45, 2.75) is 111 Å². The molecule has 35 heavy (non-hydrogen) atoms. The molecule has 0 spiro atoms. The zero-order valence-corrected chi connectivity index (χ0v) is 22.4. The molecule has 4 rings (SSSR count). The molecule has 2 fully saturated rings. The van der Waals surface area contributed by atoms with E-state index in [9.17, 15) is 9.59 Å². The average Bonchev–Trinajstić information content (AvgIpc) is 3.17. The molecule has 3 atom stereocenters. The van der Waals surface area contributed by atoms with Crippen LogP contribution in [0, 0.1) is 11.3 Å². The summed E-state index contributed by atoms with van der Waals surface area (Å²) in [4.78, 5) is 33.1. The molecule has 6 heteroatoms. The Bertz CT molecular complexity index is 1090. The Kier molecular flexibility index (Phi) is 7.70. The van der Waals surface area contributed by atoms with Crippen molar-refractivity contribution in [3.63, 3.8) is 0 Å². The van der Waals surface area contributed by atoms with Crippen molar-refractivity contribution in [1.29, 1.82) is 0 Å². The molecule has 0 amide bonds. The van der Waals surface area contributed by atoms with Gasteiger partial charge in [0, 0.05) is 24.2 Å². The molecule has 0 unspecified atom stereocenters. The Morgan fingerprint density at radius 2 is 1.80 bits per heavy atom. The number of para-hydroxylation sites is 2. The maximum Gasteiger partial charge on any atom is 0.362 e. The predicted molar refractivity (Wildman–Crippen MR) is 141 cm³/mol. The van der Waals surface area contributed by atoms with Crippen LogP contribution in [0.15, 0.2) is 29.1 Å². The van der Waals surface area contributed by atoms with Gasteiger partial charge < -0.3 is 9.30 Å². The van der Waals surface area contributed by atoms with Gasteiger partial charge in [0.1, 0.15) is 0 Å². The van der Waals surface area contributed by atoms with E-state index >= 15 is 0 Å². The summed E-state index contributed by atoms with van der Waals surface area (Å²) < 4.78 is 6.93. The third-order valence-corrected chi connectivity index (χ3v) is 8.51. The quantitative estimate of drug-likeness (QED) is 0.475. The van der Waals surface area contributed by atoms with Gasteiger partial charge in [-0.1, -0.05) is 32.9 Å². The standard InChI is InChI=1S/C29H43N3O3/c1-7-35-28(34)26-27(33)32(25-11-9-8-10-24(25)30-26)20(3)18-23-15-12-19(2)31(23)22-16-13-21(14-17-22)29(4,5)6/h8-11,19-23H,7,12-18H2,1-6H3/t19-,20-,21-,22-,23-/m0/s1. The second-order valence-electron chi connectivity index (χ2n) is 11.8. The third-order valence-electron chi connectivity index (χ3n) is 8.51. The molecule has 2 aromatic rings. The van der Waals surface area contributed by atoms with E-state index in [1.807, 2.05) is 24.3 Å². The molecule has 0 radical (unpaired) electrons. The zero-order valence-electron chi connectivity index (χ0n) is 22.4. The summed E-state index contributed by atoms with van der Waals surface area (Å²) >= 11 is 0. The van der Waals surface area contributed by atoms with E-state index in [1.165, 1.54) is 32.1 Å². The number of likely N-dealkylation sites (tertiary alicyclic amines) is 1. The highest BCUT2D eigenvalue weighted by Crippen LogP contribution is 2.42. The molecule has 6 nitrogen and oxygen atoms in total. The smallest absolute Gasteiger partial charge is 0.362 e. The van der Waals surface area contributed by atoms with Crippen molar-refractivity contribution < 1.29 is 9.53 Å². The molecule has 1 saturated carbocycles. The molecule has 2 heterocycles. The summed E-state index contributed by atoms with van der Waals surface area (Å²) in [5, 5.41) is 0. The highest BCUT2D eigenvalue weighted by atomic mass is 16.5. The van der Waals surface area contributed by atoms with Crippen molar-refractivity contribution in [2.75, 3.05) is 6.61 Å². The second kappa shape index (κ2) is 10.4. The van der Waals surface area contributed by atoms with Gasteiger partial charge in [-0.2, -0.15) is 0 Å². The lowest BCUT2D eigenvalue weighted by molar-refractivity contribution is 0.0516. The van der Waals surface area contributed by atoms with Crippen molar-refractivity contribution in [1.82, 2.24) is 14.5 Å². The first kappa shape index (κ1) is 25.9. The van der Waals surface area contributed by atoms with Crippen LogP contribution in [-0.2, 0) is 4.74 Å². The maximum absolute atomic E-state index is 13.5. The lowest BCUT2D eigenvalue weighted by Gasteiger charge is -2.44. The number of rotatable bonds is 6. The van der Waals surface area contributed by atoms with Crippen molar-refractivity contribution in [2.24, 2.45) is 11.3 Å². The number of hydrogen-bond donors (Lipinski definition) is 0. The van der Waals surface area contributed by atoms with E-state index in [2.05, 4.69) is 44.5 Å². The molecule has 1 aliphatic heterocycles. The van der Waals surface area contributed by atoms with Crippen LogP contribution in [0.5, 0.6) is 0 Å². The summed E-state index contributed by atoms with van der Waals surface area (Å²) in [6.07, 6.45) is 8.39. The van der Waals surface area contributed by atoms with Crippen LogP contribution < -0.4 is 5.56 Å². The third kappa shape index (κ3) is 5.32. The molecule has 0 N–H and O–H groups in total. The largest absolute Gasteiger partial charge is 0.461 e. The molecule has 1 aliphatic carbocycles. The first-order valence-corrected chi connectivity index (χ1v) is 13.6. The van der Waals surface area contributed by atoms with Crippen molar-refractivity contribution >= 4 is 17.0 Å². The Morgan fingerprint density at radius 1 is 1.11 bits per heavy atom. The van der Waals surface area contributed by atoms with Crippen LogP contribution in [0.3, 0.4) is 0 Å². The summed E-state index contributed by atoms with van der Waals surface area (Å²) in [5.41, 5.74) is 1.35. The van der Waals surface area contributed by atoms with Crippen LogP contribution in [-0.4, -0.2) is 45.2 Å². The van der Waals surface area contributed by atoms with E-state index < -0.39 is 5.97 Å². The van der Waals surface area contributed by atoms with E-state index in [1.54, 1.807) is 11.5 Å². The number of ether oxygens (including phenoxy) is 1. The van der Waals surface area contributed by atoms with E-state index in [0.29, 0.717) is 29.1 Å². The fraction of sp³-hybridized carbons (Fsp3) is 0.690. The molecule has 1 aromatic carbocycles. The Balaban J connectivity index is 1.59. The Labute approximate surface area is 210 Å². The van der Waals surface area contributed by atoms with Crippen molar-refractivity contribution in [3.05, 3.63) is 40.3 Å². The minimum Gasteiger partial charge on any atom is -0.461 e. The number of carbonyl (C=O) groups is 1. The monoisotopic (exact) mass is 481 g/mol. The minimum atomic E-state index is -0.643. The first-order chi connectivity index (χ1) is 16.6. The molecule has 192 valence electrons. The lowest BCUT2D eigenvalue weighted by Crippen LogP contribution is -2.46. The number of aromatic nitrogens is 2. The second-order valence-corrected chi connectivity index (χ2v) is 11.8. The predicted octanol–water partition coefficient (Wildman–Crippen LogP) is 5.98. The van der Waals surface area contributed by atoms with E-state index in [0.717, 1.165) is 24.3 Å². The summed E-state index contributed by atoms with van der Waals surface area (Å²) in [6.45, 7) is 13.6. The summed E-state index contributed by atoms with van der Waals surface area (Å²) in [6, 6.07) is 9.20. The van der Waals surface area contributed by atoms with Gasteiger partial charge in [-0.3, -0.25) is 9.69 Å². The van der Waals surface area contributed by atoms with Crippen LogP contribution in [0.25, 0.3) is 11.0 Å². The summed E-state index contributed by atoms with van der Waals surface area (Å²) in [5.74, 6) is 0.160. The molecular weight excluding hydrogens is 438 g/mol. The number of nitrogens with zero attached hydrogens (tertiary/aromatic N) is 3. The molecular formula is C29H43N3O3. The van der Waals surface area contributed by atoms with Crippen LogP contribution in [0.2, 0.25) is 0 Å².